The highest BCUT2D eigenvalue weighted by Gasteiger charge is 2.19. The number of carbonyl (C=O) groups excluding carboxylic acids is 1. The first kappa shape index (κ1) is 17.7. The second kappa shape index (κ2) is 7.83. The molecule has 0 saturated heterocycles. The van der Waals surface area contributed by atoms with Gasteiger partial charge in [-0.15, -0.1) is 0 Å². The largest absolute Gasteiger partial charge is 0.476 e. The van der Waals surface area contributed by atoms with E-state index in [0.29, 0.717) is 10.7 Å². The van der Waals surface area contributed by atoms with Gasteiger partial charge in [-0.1, -0.05) is 47.7 Å². The van der Waals surface area contributed by atoms with E-state index in [-0.39, 0.29) is 17.4 Å². The maximum absolute atomic E-state index is 12.0. The van der Waals surface area contributed by atoms with Crippen LogP contribution in [-0.2, 0) is 4.79 Å². The van der Waals surface area contributed by atoms with Crippen molar-refractivity contribution in [1.82, 2.24) is 14.8 Å². The number of hydrogen-bond donors (Lipinski definition) is 2. The maximum atomic E-state index is 12.0. The summed E-state index contributed by atoms with van der Waals surface area (Å²) >= 11 is 1.10. The van der Waals surface area contributed by atoms with Crippen molar-refractivity contribution in [3.05, 3.63) is 65.5 Å². The van der Waals surface area contributed by atoms with Crippen LogP contribution in [0.4, 0.5) is 0 Å². The third kappa shape index (κ3) is 4.09. The highest BCUT2D eigenvalue weighted by Crippen LogP contribution is 2.24. The van der Waals surface area contributed by atoms with Gasteiger partial charge in [-0.05, 0) is 24.6 Å². The summed E-state index contributed by atoms with van der Waals surface area (Å²) in [5, 5.41) is 13.6. The van der Waals surface area contributed by atoms with Gasteiger partial charge in [0, 0.05) is 6.20 Å². The molecule has 0 spiro atoms. The molecule has 0 saturated carbocycles. The van der Waals surface area contributed by atoms with Crippen molar-refractivity contribution in [2.45, 2.75) is 11.9 Å². The molecule has 3 aromatic rings. The van der Waals surface area contributed by atoms with Gasteiger partial charge in [0.25, 0.3) is 0 Å². The predicted molar refractivity (Wildman–Crippen MR) is 99.8 cm³/mol. The standard InChI is InChI=1S/C18H16N4O3S/c1-12-5-7-13(8-6-12)10-19-21-15(23)11-26-17-16(18(24)25)20-14-4-2-3-9-22(14)17/h2-10H,11H2,1H3,(H,21,23)(H,24,25)/b19-10-. The zero-order valence-corrected chi connectivity index (χ0v) is 14.7. The molecule has 26 heavy (non-hydrogen) atoms. The van der Waals surface area contributed by atoms with E-state index < -0.39 is 5.97 Å². The molecular formula is C18H16N4O3S. The molecule has 0 aliphatic carbocycles. The number of hydrazone groups is 1. The zero-order chi connectivity index (χ0) is 18.5. The van der Waals surface area contributed by atoms with Crippen LogP contribution in [0.5, 0.6) is 0 Å². The van der Waals surface area contributed by atoms with Crippen molar-refractivity contribution in [2.24, 2.45) is 5.10 Å². The zero-order valence-electron chi connectivity index (χ0n) is 13.9. The van der Waals surface area contributed by atoms with Crippen molar-refractivity contribution >= 4 is 35.5 Å². The molecule has 0 radical (unpaired) electrons. The average Bonchev–Trinajstić information content (AvgIpc) is 3.01. The first-order chi connectivity index (χ1) is 12.5. The quantitative estimate of drug-likeness (QED) is 0.396. The molecule has 132 valence electrons. The minimum Gasteiger partial charge on any atom is -0.476 e. The Balaban J connectivity index is 1.64. The predicted octanol–water partition coefficient (Wildman–Crippen LogP) is 2.58. The molecule has 0 atom stereocenters. The van der Waals surface area contributed by atoms with E-state index in [1.54, 1.807) is 35.0 Å². The Hall–Kier alpha value is -3.13. The second-order valence-corrected chi connectivity index (χ2v) is 6.46. The number of carboxylic acid groups (broad SMARTS) is 1. The second-order valence-electron chi connectivity index (χ2n) is 5.49. The van der Waals surface area contributed by atoms with Crippen LogP contribution in [0.3, 0.4) is 0 Å². The molecule has 2 heterocycles. The van der Waals surface area contributed by atoms with Crippen LogP contribution in [0.25, 0.3) is 5.65 Å². The van der Waals surface area contributed by atoms with Crippen LogP contribution in [0.2, 0.25) is 0 Å². The number of benzene rings is 1. The summed E-state index contributed by atoms with van der Waals surface area (Å²) in [5.74, 6) is -1.44. The number of pyridine rings is 1. The van der Waals surface area contributed by atoms with Gasteiger partial charge in [0.1, 0.15) is 10.7 Å². The monoisotopic (exact) mass is 368 g/mol. The number of aromatic nitrogens is 2. The van der Waals surface area contributed by atoms with Crippen molar-refractivity contribution in [3.8, 4) is 0 Å². The summed E-state index contributed by atoms with van der Waals surface area (Å²) in [4.78, 5) is 27.4. The topological polar surface area (TPSA) is 96.1 Å². The van der Waals surface area contributed by atoms with Gasteiger partial charge in [-0.2, -0.15) is 5.10 Å². The minimum atomic E-state index is -1.13. The van der Waals surface area contributed by atoms with Crippen LogP contribution in [0.1, 0.15) is 21.6 Å². The molecule has 7 nitrogen and oxygen atoms in total. The molecule has 0 unspecified atom stereocenters. The Morgan fingerprint density at radius 2 is 2.04 bits per heavy atom. The number of rotatable bonds is 6. The molecule has 1 aromatic carbocycles. The number of imidazole rings is 1. The smallest absolute Gasteiger partial charge is 0.357 e. The number of aromatic carboxylic acids is 1. The fourth-order valence-corrected chi connectivity index (χ4v) is 3.14. The number of thioether (sulfide) groups is 1. The van der Waals surface area contributed by atoms with Crippen molar-refractivity contribution in [1.29, 1.82) is 0 Å². The molecule has 1 amide bonds. The number of aryl methyl sites for hydroxylation is 1. The van der Waals surface area contributed by atoms with E-state index in [1.165, 1.54) is 0 Å². The fourth-order valence-electron chi connectivity index (χ4n) is 2.25. The summed E-state index contributed by atoms with van der Waals surface area (Å²) in [5.41, 5.74) is 4.90. The van der Waals surface area contributed by atoms with Crippen LogP contribution in [0, 0.1) is 6.92 Å². The summed E-state index contributed by atoms with van der Waals surface area (Å²) in [7, 11) is 0. The SMILES string of the molecule is Cc1ccc(/C=N\NC(=O)CSc2c(C(=O)O)nc3ccccn23)cc1. The molecule has 8 heteroatoms. The Morgan fingerprint density at radius 1 is 1.27 bits per heavy atom. The number of hydrogen-bond acceptors (Lipinski definition) is 5. The Kier molecular flexibility index (Phi) is 5.33. The molecule has 2 N–H and O–H groups in total. The van der Waals surface area contributed by atoms with Crippen molar-refractivity contribution < 1.29 is 14.7 Å². The number of amides is 1. The van der Waals surface area contributed by atoms with Crippen molar-refractivity contribution in [2.75, 3.05) is 5.75 Å². The highest BCUT2D eigenvalue weighted by atomic mass is 32.2. The van der Waals surface area contributed by atoms with Crippen LogP contribution < -0.4 is 5.43 Å². The van der Waals surface area contributed by atoms with E-state index >= 15 is 0 Å². The fraction of sp³-hybridized carbons (Fsp3) is 0.111. The Morgan fingerprint density at radius 3 is 2.77 bits per heavy atom. The lowest BCUT2D eigenvalue weighted by Gasteiger charge is -2.02. The highest BCUT2D eigenvalue weighted by molar-refractivity contribution is 8.00. The molecule has 0 fully saturated rings. The lowest BCUT2D eigenvalue weighted by Crippen LogP contribution is -2.20. The van der Waals surface area contributed by atoms with Crippen LogP contribution in [-0.4, -0.2) is 38.3 Å². The number of fused-ring (bicyclic) bond motifs is 1. The Bertz CT molecular complexity index is 980. The third-order valence-corrected chi connectivity index (χ3v) is 4.58. The number of carboxylic acids is 1. The van der Waals surface area contributed by atoms with Gasteiger partial charge in [-0.25, -0.2) is 15.2 Å². The first-order valence-electron chi connectivity index (χ1n) is 7.76. The lowest BCUT2D eigenvalue weighted by molar-refractivity contribution is -0.118. The van der Waals surface area contributed by atoms with Crippen LogP contribution >= 0.6 is 11.8 Å². The van der Waals surface area contributed by atoms with E-state index in [2.05, 4.69) is 15.5 Å². The van der Waals surface area contributed by atoms with E-state index in [1.807, 2.05) is 31.2 Å². The Labute approximate surface area is 153 Å². The molecule has 0 bridgehead atoms. The third-order valence-electron chi connectivity index (χ3n) is 3.51. The van der Waals surface area contributed by atoms with Gasteiger partial charge >= 0.3 is 5.97 Å². The van der Waals surface area contributed by atoms with Gasteiger partial charge in [0.2, 0.25) is 5.91 Å². The summed E-state index contributed by atoms with van der Waals surface area (Å²) in [6.45, 7) is 1.99. The summed E-state index contributed by atoms with van der Waals surface area (Å²) < 4.78 is 1.65. The molecule has 0 aliphatic heterocycles. The minimum absolute atomic E-state index is 0.0220. The average molecular weight is 368 g/mol. The molecule has 2 aromatic heterocycles. The summed E-state index contributed by atoms with van der Waals surface area (Å²) in [6.07, 6.45) is 3.27. The van der Waals surface area contributed by atoms with E-state index in [0.717, 1.165) is 22.9 Å². The number of carbonyl (C=O) groups is 2. The van der Waals surface area contributed by atoms with E-state index in [9.17, 15) is 14.7 Å². The van der Waals surface area contributed by atoms with Crippen LogP contribution in [0.15, 0.2) is 58.8 Å². The van der Waals surface area contributed by atoms with E-state index in [4.69, 9.17) is 0 Å². The molecule has 0 aliphatic rings. The summed E-state index contributed by atoms with van der Waals surface area (Å²) in [6, 6.07) is 13.0. The van der Waals surface area contributed by atoms with Crippen molar-refractivity contribution in [3.63, 3.8) is 0 Å². The van der Waals surface area contributed by atoms with Gasteiger partial charge in [-0.3, -0.25) is 9.20 Å². The number of nitrogens with zero attached hydrogens (tertiary/aromatic N) is 3. The van der Waals surface area contributed by atoms with Gasteiger partial charge in [0.15, 0.2) is 5.69 Å². The lowest BCUT2D eigenvalue weighted by atomic mass is 10.2. The normalized spacial score (nSPS) is 11.1. The molecular weight excluding hydrogens is 352 g/mol. The van der Waals surface area contributed by atoms with Gasteiger partial charge in [0.05, 0.1) is 12.0 Å². The maximum Gasteiger partial charge on any atom is 0.357 e. The first-order valence-corrected chi connectivity index (χ1v) is 8.75. The number of nitrogens with one attached hydrogen (secondary N) is 1. The molecule has 3 rings (SSSR count). The van der Waals surface area contributed by atoms with Gasteiger partial charge < -0.3 is 5.11 Å².